The summed E-state index contributed by atoms with van der Waals surface area (Å²) < 4.78 is 18.6. The zero-order valence-electron chi connectivity index (χ0n) is 9.40. The third kappa shape index (κ3) is 3.15. The first-order chi connectivity index (χ1) is 8.19. The number of fused-ring (bicyclic) bond motifs is 1. The lowest BCUT2D eigenvalue weighted by Crippen LogP contribution is -2.36. The highest BCUT2D eigenvalue weighted by Crippen LogP contribution is 2.28. The Hall–Kier alpha value is -1.17. The van der Waals surface area contributed by atoms with Crippen LogP contribution in [0.25, 0.3) is 0 Å². The fourth-order valence-electron chi connectivity index (χ4n) is 1.88. The van der Waals surface area contributed by atoms with Gasteiger partial charge in [0.05, 0.1) is 12.7 Å². The van der Waals surface area contributed by atoms with E-state index in [2.05, 4.69) is 5.32 Å². The Labute approximate surface area is 99.0 Å². The van der Waals surface area contributed by atoms with Crippen molar-refractivity contribution in [1.29, 1.82) is 0 Å². The largest absolute Gasteiger partial charge is 0.488 e. The van der Waals surface area contributed by atoms with Crippen molar-refractivity contribution in [2.45, 2.75) is 18.6 Å². The average Bonchev–Trinajstić information content (AvgIpc) is 2.70. The van der Waals surface area contributed by atoms with Gasteiger partial charge in [-0.15, -0.1) is 0 Å². The molecule has 0 amide bonds. The molecule has 1 aliphatic heterocycles. The van der Waals surface area contributed by atoms with Crippen molar-refractivity contribution >= 4 is 0 Å². The van der Waals surface area contributed by atoms with Gasteiger partial charge in [0.1, 0.15) is 17.7 Å². The van der Waals surface area contributed by atoms with Crippen LogP contribution in [0.2, 0.25) is 0 Å². The molecule has 4 nitrogen and oxygen atoms in total. The van der Waals surface area contributed by atoms with Crippen molar-refractivity contribution in [2.75, 3.05) is 19.7 Å². The van der Waals surface area contributed by atoms with Crippen LogP contribution in [0.4, 0.5) is 4.39 Å². The van der Waals surface area contributed by atoms with Gasteiger partial charge < -0.3 is 20.3 Å². The Bertz CT molecular complexity index is 386. The molecule has 1 heterocycles. The van der Waals surface area contributed by atoms with Crippen LogP contribution < -0.4 is 10.1 Å². The Balaban J connectivity index is 1.80. The van der Waals surface area contributed by atoms with Gasteiger partial charge >= 0.3 is 0 Å². The summed E-state index contributed by atoms with van der Waals surface area (Å²) >= 11 is 0. The number of halogens is 1. The van der Waals surface area contributed by atoms with Crippen LogP contribution in [0.1, 0.15) is 5.56 Å². The molecule has 2 atom stereocenters. The molecule has 0 saturated carbocycles. The lowest BCUT2D eigenvalue weighted by atomic mass is 10.1. The van der Waals surface area contributed by atoms with E-state index in [4.69, 9.17) is 14.9 Å². The molecule has 0 bridgehead atoms. The molecule has 17 heavy (non-hydrogen) atoms. The molecular formula is C12H16FNO3. The molecule has 2 unspecified atom stereocenters. The molecule has 5 heteroatoms. The summed E-state index contributed by atoms with van der Waals surface area (Å²) in [5, 5.41) is 20.8. The fourth-order valence-corrected chi connectivity index (χ4v) is 1.88. The Kier molecular flexibility index (Phi) is 3.93. The molecular weight excluding hydrogens is 225 g/mol. The summed E-state index contributed by atoms with van der Waals surface area (Å²) in [4.78, 5) is 0. The normalized spacial score (nSPS) is 19.8. The van der Waals surface area contributed by atoms with E-state index in [9.17, 15) is 4.39 Å². The van der Waals surface area contributed by atoms with Crippen molar-refractivity contribution in [3.8, 4) is 5.75 Å². The summed E-state index contributed by atoms with van der Waals surface area (Å²) in [6, 6.07) is 4.50. The fraction of sp³-hybridized carbons (Fsp3) is 0.500. The van der Waals surface area contributed by atoms with Crippen molar-refractivity contribution in [3.63, 3.8) is 0 Å². The lowest BCUT2D eigenvalue weighted by Gasteiger charge is -2.13. The minimum Gasteiger partial charge on any atom is -0.488 e. The van der Waals surface area contributed by atoms with Crippen LogP contribution in [-0.4, -0.2) is 42.1 Å². The quantitative estimate of drug-likeness (QED) is 0.683. The second-order valence-electron chi connectivity index (χ2n) is 4.19. The average molecular weight is 241 g/mol. The summed E-state index contributed by atoms with van der Waals surface area (Å²) in [6.45, 7) is 0.623. The van der Waals surface area contributed by atoms with E-state index in [1.54, 1.807) is 6.07 Å². The summed E-state index contributed by atoms with van der Waals surface area (Å²) in [7, 11) is 0. The predicted octanol–water partition coefficient (Wildman–Crippen LogP) is 0.0720. The Morgan fingerprint density at radius 2 is 2.35 bits per heavy atom. The molecule has 1 aliphatic rings. The highest BCUT2D eigenvalue weighted by molar-refractivity contribution is 5.37. The third-order valence-electron chi connectivity index (χ3n) is 2.73. The highest BCUT2D eigenvalue weighted by atomic mass is 19.1. The number of rotatable bonds is 5. The number of aliphatic hydroxyl groups excluding tert-OH is 2. The Morgan fingerprint density at radius 1 is 1.53 bits per heavy atom. The van der Waals surface area contributed by atoms with Crippen LogP contribution in [0.15, 0.2) is 18.2 Å². The van der Waals surface area contributed by atoms with Gasteiger partial charge in [0.15, 0.2) is 0 Å². The zero-order chi connectivity index (χ0) is 12.3. The lowest BCUT2D eigenvalue weighted by molar-refractivity contribution is 0.0916. The molecule has 0 fully saturated rings. The van der Waals surface area contributed by atoms with Gasteiger partial charge in [-0.05, 0) is 18.2 Å². The monoisotopic (exact) mass is 241 g/mol. The topological polar surface area (TPSA) is 61.7 Å². The van der Waals surface area contributed by atoms with Crippen LogP contribution >= 0.6 is 0 Å². The first-order valence-electron chi connectivity index (χ1n) is 5.63. The molecule has 0 spiro atoms. The smallest absolute Gasteiger partial charge is 0.123 e. The van der Waals surface area contributed by atoms with Gasteiger partial charge in [0, 0.05) is 25.1 Å². The van der Waals surface area contributed by atoms with Crippen molar-refractivity contribution < 1.29 is 19.3 Å². The maximum absolute atomic E-state index is 13.0. The minimum absolute atomic E-state index is 0.0438. The molecule has 0 saturated heterocycles. The van der Waals surface area contributed by atoms with E-state index in [1.807, 2.05) is 0 Å². The van der Waals surface area contributed by atoms with Crippen molar-refractivity contribution in [1.82, 2.24) is 5.32 Å². The summed E-state index contributed by atoms with van der Waals surface area (Å²) in [5.41, 5.74) is 0.875. The van der Waals surface area contributed by atoms with Gasteiger partial charge in [-0.2, -0.15) is 0 Å². The van der Waals surface area contributed by atoms with E-state index in [0.29, 0.717) is 19.5 Å². The number of benzene rings is 1. The molecule has 3 N–H and O–H groups in total. The van der Waals surface area contributed by atoms with Gasteiger partial charge in [0.2, 0.25) is 0 Å². The van der Waals surface area contributed by atoms with E-state index in [0.717, 1.165) is 11.3 Å². The van der Waals surface area contributed by atoms with Gasteiger partial charge in [-0.1, -0.05) is 0 Å². The molecule has 1 aromatic rings. The van der Waals surface area contributed by atoms with Gasteiger partial charge in [-0.25, -0.2) is 4.39 Å². The van der Waals surface area contributed by atoms with Gasteiger partial charge in [-0.3, -0.25) is 0 Å². The number of hydrogen-bond donors (Lipinski definition) is 3. The van der Waals surface area contributed by atoms with Crippen LogP contribution in [0, 0.1) is 5.82 Å². The molecule has 0 aromatic heterocycles. The van der Waals surface area contributed by atoms with Crippen LogP contribution in [0.5, 0.6) is 5.75 Å². The molecule has 1 aromatic carbocycles. The summed E-state index contributed by atoms with van der Waals surface area (Å²) in [5.74, 6) is 0.470. The summed E-state index contributed by atoms with van der Waals surface area (Å²) in [6.07, 6.45) is -0.135. The maximum Gasteiger partial charge on any atom is 0.123 e. The molecule has 94 valence electrons. The Morgan fingerprint density at radius 3 is 3.12 bits per heavy atom. The second-order valence-corrected chi connectivity index (χ2v) is 4.19. The van der Waals surface area contributed by atoms with E-state index < -0.39 is 6.10 Å². The standard InChI is InChI=1S/C12H16FNO3/c13-9-1-2-12-8(3-9)4-11(17-12)6-14-5-10(16)7-15/h1-3,10-11,14-16H,4-7H2. The zero-order valence-corrected chi connectivity index (χ0v) is 9.40. The number of ether oxygens (including phenoxy) is 1. The maximum atomic E-state index is 13.0. The van der Waals surface area contributed by atoms with Crippen molar-refractivity contribution in [3.05, 3.63) is 29.6 Å². The van der Waals surface area contributed by atoms with E-state index in [-0.39, 0.29) is 18.5 Å². The number of hydrogen-bond acceptors (Lipinski definition) is 4. The second kappa shape index (κ2) is 5.44. The first kappa shape index (κ1) is 12.3. The SMILES string of the molecule is OCC(O)CNCC1Cc2cc(F)ccc2O1. The van der Waals surface area contributed by atoms with Gasteiger partial charge in [0.25, 0.3) is 0 Å². The first-order valence-corrected chi connectivity index (χ1v) is 5.63. The number of aliphatic hydroxyl groups is 2. The highest BCUT2D eigenvalue weighted by Gasteiger charge is 2.22. The number of nitrogens with one attached hydrogen (secondary N) is 1. The third-order valence-corrected chi connectivity index (χ3v) is 2.73. The van der Waals surface area contributed by atoms with Crippen molar-refractivity contribution in [2.24, 2.45) is 0 Å². The predicted molar refractivity (Wildman–Crippen MR) is 60.5 cm³/mol. The van der Waals surface area contributed by atoms with E-state index in [1.165, 1.54) is 12.1 Å². The molecule has 0 radical (unpaired) electrons. The van der Waals surface area contributed by atoms with E-state index >= 15 is 0 Å². The minimum atomic E-state index is -0.753. The molecule has 0 aliphatic carbocycles. The molecule has 2 rings (SSSR count). The van der Waals surface area contributed by atoms with Crippen LogP contribution in [-0.2, 0) is 6.42 Å². The van der Waals surface area contributed by atoms with Crippen LogP contribution in [0.3, 0.4) is 0 Å².